The minimum Gasteiger partial charge on any atom is -0.378 e. The molecular formula is C25H35N3O4. The standard InChI is InChI=1S/C25H35N3O4/c26-17-22(19-32-18-20-7-3-1-4-8-20)25(21-9-5-2-6-10-21)27-23(29)11-12-24(30)28-13-15-31-16-14-28/h1,3-4,7-8,21-22,25H,2,5-6,9-16,18-19H2,(H,27,29). The molecule has 7 heteroatoms. The number of amides is 2. The molecule has 0 spiro atoms. The van der Waals surface area contributed by atoms with Crippen molar-refractivity contribution in [3.8, 4) is 6.07 Å². The number of hydrogen-bond donors (Lipinski definition) is 1. The number of benzene rings is 1. The van der Waals surface area contributed by atoms with Crippen LogP contribution in [-0.4, -0.2) is 55.7 Å². The Kier molecular flexibility index (Phi) is 9.98. The summed E-state index contributed by atoms with van der Waals surface area (Å²) in [4.78, 5) is 26.9. The molecule has 2 amide bonds. The molecule has 2 aliphatic rings. The first-order valence-corrected chi connectivity index (χ1v) is 11.8. The van der Waals surface area contributed by atoms with Crippen LogP contribution in [0.25, 0.3) is 0 Å². The van der Waals surface area contributed by atoms with Crippen molar-refractivity contribution in [1.82, 2.24) is 10.2 Å². The lowest BCUT2D eigenvalue weighted by molar-refractivity contribution is -0.137. The van der Waals surface area contributed by atoms with Crippen molar-refractivity contribution >= 4 is 11.8 Å². The molecule has 7 nitrogen and oxygen atoms in total. The van der Waals surface area contributed by atoms with Gasteiger partial charge in [0, 0.05) is 32.0 Å². The Labute approximate surface area is 191 Å². The first-order chi connectivity index (χ1) is 15.7. The van der Waals surface area contributed by atoms with Gasteiger partial charge in [0.05, 0.1) is 38.4 Å². The van der Waals surface area contributed by atoms with Gasteiger partial charge < -0.3 is 19.7 Å². The van der Waals surface area contributed by atoms with E-state index in [4.69, 9.17) is 9.47 Å². The Morgan fingerprint density at radius 3 is 2.53 bits per heavy atom. The van der Waals surface area contributed by atoms with Gasteiger partial charge >= 0.3 is 0 Å². The minimum absolute atomic E-state index is 0.0132. The van der Waals surface area contributed by atoms with Crippen molar-refractivity contribution in [1.29, 1.82) is 5.26 Å². The third-order valence-corrected chi connectivity index (χ3v) is 6.42. The van der Waals surface area contributed by atoms with Crippen LogP contribution in [0.3, 0.4) is 0 Å². The summed E-state index contributed by atoms with van der Waals surface area (Å²) >= 11 is 0. The Bertz CT molecular complexity index is 752. The van der Waals surface area contributed by atoms with Gasteiger partial charge in [0.15, 0.2) is 0 Å². The SMILES string of the molecule is N#CC(COCc1ccccc1)C(NC(=O)CCC(=O)N1CCOCC1)C1CCCCC1. The highest BCUT2D eigenvalue weighted by molar-refractivity contribution is 5.84. The molecule has 174 valence electrons. The van der Waals surface area contributed by atoms with Crippen molar-refractivity contribution < 1.29 is 19.1 Å². The average Bonchev–Trinajstić information content (AvgIpc) is 2.86. The molecule has 0 radical (unpaired) electrons. The van der Waals surface area contributed by atoms with E-state index in [0.29, 0.717) is 32.9 Å². The molecule has 1 heterocycles. The maximum atomic E-state index is 12.7. The normalized spacial score (nSPS) is 19.0. The Morgan fingerprint density at radius 1 is 1.12 bits per heavy atom. The zero-order valence-corrected chi connectivity index (χ0v) is 18.8. The van der Waals surface area contributed by atoms with Crippen LogP contribution in [0, 0.1) is 23.2 Å². The van der Waals surface area contributed by atoms with E-state index in [1.807, 2.05) is 30.3 Å². The third kappa shape index (κ3) is 7.61. The summed E-state index contributed by atoms with van der Waals surface area (Å²) in [6, 6.07) is 12.0. The van der Waals surface area contributed by atoms with Gasteiger partial charge in [-0.2, -0.15) is 5.26 Å². The molecule has 3 rings (SSSR count). The van der Waals surface area contributed by atoms with Crippen molar-refractivity contribution in [3.05, 3.63) is 35.9 Å². The van der Waals surface area contributed by atoms with E-state index < -0.39 is 5.92 Å². The van der Waals surface area contributed by atoms with E-state index in [2.05, 4.69) is 11.4 Å². The summed E-state index contributed by atoms with van der Waals surface area (Å²) < 4.78 is 11.1. The molecule has 1 aliphatic carbocycles. The average molecular weight is 442 g/mol. The van der Waals surface area contributed by atoms with E-state index >= 15 is 0 Å². The predicted octanol–water partition coefficient (Wildman–Crippen LogP) is 3.05. The molecule has 0 aromatic heterocycles. The fourth-order valence-corrected chi connectivity index (χ4v) is 4.59. The van der Waals surface area contributed by atoms with Crippen molar-refractivity contribution in [2.45, 2.75) is 57.6 Å². The molecule has 1 saturated carbocycles. The van der Waals surface area contributed by atoms with Crippen LogP contribution < -0.4 is 5.32 Å². The number of carbonyl (C=O) groups excluding carboxylic acids is 2. The van der Waals surface area contributed by atoms with Crippen LogP contribution in [-0.2, 0) is 25.7 Å². The highest BCUT2D eigenvalue weighted by Gasteiger charge is 2.32. The quantitative estimate of drug-likeness (QED) is 0.603. The maximum absolute atomic E-state index is 12.7. The Morgan fingerprint density at radius 2 is 1.84 bits per heavy atom. The van der Waals surface area contributed by atoms with Gasteiger partial charge in [-0.25, -0.2) is 0 Å². The largest absolute Gasteiger partial charge is 0.378 e. The first-order valence-electron chi connectivity index (χ1n) is 11.8. The zero-order valence-electron chi connectivity index (χ0n) is 18.8. The number of nitrogens with one attached hydrogen (secondary N) is 1. The zero-order chi connectivity index (χ0) is 22.6. The van der Waals surface area contributed by atoms with E-state index in [0.717, 1.165) is 31.2 Å². The highest BCUT2D eigenvalue weighted by atomic mass is 16.5. The molecule has 1 N–H and O–H groups in total. The van der Waals surface area contributed by atoms with Gasteiger partial charge in [0.2, 0.25) is 11.8 Å². The van der Waals surface area contributed by atoms with Gasteiger partial charge in [0.1, 0.15) is 0 Å². The maximum Gasteiger partial charge on any atom is 0.223 e. The molecule has 1 saturated heterocycles. The number of ether oxygens (including phenoxy) is 2. The van der Waals surface area contributed by atoms with Crippen molar-refractivity contribution in [2.75, 3.05) is 32.9 Å². The molecule has 0 bridgehead atoms. The summed E-state index contributed by atoms with van der Waals surface area (Å²) in [7, 11) is 0. The predicted molar refractivity (Wildman–Crippen MR) is 120 cm³/mol. The second-order valence-electron chi connectivity index (χ2n) is 8.72. The van der Waals surface area contributed by atoms with Gasteiger partial charge in [-0.1, -0.05) is 49.6 Å². The van der Waals surface area contributed by atoms with Crippen LogP contribution in [0.5, 0.6) is 0 Å². The van der Waals surface area contributed by atoms with Crippen LogP contribution in [0.2, 0.25) is 0 Å². The van der Waals surface area contributed by atoms with E-state index in [-0.39, 0.29) is 43.2 Å². The number of carbonyl (C=O) groups is 2. The molecule has 32 heavy (non-hydrogen) atoms. The summed E-state index contributed by atoms with van der Waals surface area (Å²) in [6.07, 6.45) is 5.79. The fraction of sp³-hybridized carbons (Fsp3) is 0.640. The molecule has 2 fully saturated rings. The number of nitrogens with zero attached hydrogens (tertiary/aromatic N) is 2. The second kappa shape index (κ2) is 13.2. The second-order valence-corrected chi connectivity index (χ2v) is 8.72. The van der Waals surface area contributed by atoms with Gasteiger partial charge in [-0.3, -0.25) is 9.59 Å². The lowest BCUT2D eigenvalue weighted by Gasteiger charge is -2.34. The van der Waals surface area contributed by atoms with Crippen LogP contribution in [0.1, 0.15) is 50.5 Å². The van der Waals surface area contributed by atoms with Crippen LogP contribution in [0.15, 0.2) is 30.3 Å². The van der Waals surface area contributed by atoms with Crippen LogP contribution in [0.4, 0.5) is 0 Å². The van der Waals surface area contributed by atoms with Gasteiger partial charge in [-0.05, 0) is 24.3 Å². The fourth-order valence-electron chi connectivity index (χ4n) is 4.59. The first kappa shape index (κ1) is 24.2. The van der Waals surface area contributed by atoms with Gasteiger partial charge in [0.25, 0.3) is 0 Å². The number of morpholine rings is 1. The molecular weight excluding hydrogens is 406 g/mol. The van der Waals surface area contributed by atoms with E-state index in [1.54, 1.807) is 4.90 Å². The molecule has 1 aromatic carbocycles. The van der Waals surface area contributed by atoms with Crippen molar-refractivity contribution in [3.63, 3.8) is 0 Å². The monoisotopic (exact) mass is 441 g/mol. The molecule has 2 unspecified atom stereocenters. The minimum atomic E-state index is -0.416. The summed E-state index contributed by atoms with van der Waals surface area (Å²) in [5.74, 6) is -0.320. The number of hydrogen-bond acceptors (Lipinski definition) is 5. The number of nitriles is 1. The van der Waals surface area contributed by atoms with E-state index in [9.17, 15) is 14.9 Å². The summed E-state index contributed by atoms with van der Waals surface area (Å²) in [6.45, 7) is 2.99. The topological polar surface area (TPSA) is 91.7 Å². The Balaban J connectivity index is 1.53. The van der Waals surface area contributed by atoms with E-state index in [1.165, 1.54) is 6.42 Å². The van der Waals surface area contributed by atoms with Gasteiger partial charge in [-0.15, -0.1) is 0 Å². The molecule has 1 aromatic rings. The molecule has 1 aliphatic heterocycles. The highest BCUT2D eigenvalue weighted by Crippen LogP contribution is 2.30. The molecule has 2 atom stereocenters. The van der Waals surface area contributed by atoms with Crippen LogP contribution >= 0.6 is 0 Å². The summed E-state index contributed by atoms with van der Waals surface area (Å²) in [5.41, 5.74) is 1.06. The number of rotatable bonds is 10. The lowest BCUT2D eigenvalue weighted by atomic mass is 9.79. The lowest BCUT2D eigenvalue weighted by Crippen LogP contribution is -2.47. The third-order valence-electron chi connectivity index (χ3n) is 6.42. The Hall–Kier alpha value is -2.43. The van der Waals surface area contributed by atoms with Crippen molar-refractivity contribution in [2.24, 2.45) is 11.8 Å². The summed E-state index contributed by atoms with van der Waals surface area (Å²) in [5, 5.41) is 13.0. The smallest absolute Gasteiger partial charge is 0.223 e.